The van der Waals surface area contributed by atoms with Crippen LogP contribution in [-0.4, -0.2) is 40.2 Å². The van der Waals surface area contributed by atoms with Crippen molar-refractivity contribution < 1.29 is 38.0 Å². The van der Waals surface area contributed by atoms with Crippen molar-refractivity contribution in [2.24, 2.45) is 0 Å². The van der Waals surface area contributed by atoms with E-state index in [0.717, 1.165) is 5.56 Å². The zero-order chi connectivity index (χ0) is 25.1. The topological polar surface area (TPSA) is 89.5 Å². The van der Waals surface area contributed by atoms with Crippen molar-refractivity contribution in [3.63, 3.8) is 0 Å². The molecule has 0 spiro atoms. The molecule has 4 rings (SSSR count). The van der Waals surface area contributed by atoms with Crippen molar-refractivity contribution in [2.75, 3.05) is 28.4 Å². The number of methoxy groups -OCH3 is 4. The predicted molar refractivity (Wildman–Crippen MR) is 128 cm³/mol. The molecule has 8 nitrogen and oxygen atoms in total. The first kappa shape index (κ1) is 23.7. The molecule has 0 saturated heterocycles. The molecule has 8 heteroatoms. The first-order valence-electron chi connectivity index (χ1n) is 10.6. The van der Waals surface area contributed by atoms with Gasteiger partial charge in [-0.3, -0.25) is 4.79 Å². The van der Waals surface area contributed by atoms with Crippen molar-refractivity contribution in [1.82, 2.24) is 0 Å². The summed E-state index contributed by atoms with van der Waals surface area (Å²) in [5.41, 5.74) is 2.00. The highest BCUT2D eigenvalue weighted by molar-refractivity contribution is 6.15. The Labute approximate surface area is 202 Å². The number of benzene rings is 3. The van der Waals surface area contributed by atoms with Crippen LogP contribution in [0.25, 0.3) is 6.08 Å². The molecule has 1 aliphatic heterocycles. The fourth-order valence-electron chi connectivity index (χ4n) is 3.78. The first-order valence-corrected chi connectivity index (χ1v) is 10.6. The number of carbonyl (C=O) groups is 2. The lowest BCUT2D eigenvalue weighted by Gasteiger charge is -2.14. The van der Waals surface area contributed by atoms with Crippen molar-refractivity contribution >= 4 is 17.8 Å². The normalized spacial score (nSPS) is 13.2. The number of hydrogen-bond acceptors (Lipinski definition) is 8. The molecule has 0 saturated carbocycles. The molecule has 180 valence electrons. The summed E-state index contributed by atoms with van der Waals surface area (Å²) in [5.74, 6) is 1.51. The molecule has 0 radical (unpaired) electrons. The van der Waals surface area contributed by atoms with Crippen LogP contribution in [0, 0.1) is 6.92 Å². The van der Waals surface area contributed by atoms with Gasteiger partial charge in [0.05, 0.1) is 39.6 Å². The average Bonchev–Trinajstić information content (AvgIpc) is 3.17. The number of aryl methyl sites for hydroxylation is 1. The van der Waals surface area contributed by atoms with Gasteiger partial charge in [-0.2, -0.15) is 0 Å². The van der Waals surface area contributed by atoms with E-state index in [4.69, 9.17) is 28.4 Å². The van der Waals surface area contributed by atoms with Gasteiger partial charge in [-0.15, -0.1) is 0 Å². The molecule has 0 bridgehead atoms. The SMILES string of the molecule is COc1cccc(/C=C2\Oc3cc(OC(=O)c4cc(OC)c(OC)c(OC)c4)cc(C)c3C2=O)c1. The van der Waals surface area contributed by atoms with E-state index in [9.17, 15) is 9.59 Å². The molecule has 0 amide bonds. The monoisotopic (exact) mass is 476 g/mol. The maximum atomic E-state index is 13.0. The Hall–Kier alpha value is -4.46. The van der Waals surface area contributed by atoms with Gasteiger partial charge in [0.25, 0.3) is 0 Å². The second-order valence-electron chi connectivity index (χ2n) is 7.63. The Balaban J connectivity index is 1.61. The summed E-state index contributed by atoms with van der Waals surface area (Å²) in [6.45, 7) is 1.76. The Morgan fingerprint density at radius 2 is 1.57 bits per heavy atom. The molecular weight excluding hydrogens is 452 g/mol. The van der Waals surface area contributed by atoms with Crippen LogP contribution in [0.4, 0.5) is 0 Å². The molecule has 0 unspecified atom stereocenters. The number of hydrogen-bond donors (Lipinski definition) is 0. The molecule has 1 heterocycles. The van der Waals surface area contributed by atoms with Gasteiger partial charge in [0.15, 0.2) is 17.3 Å². The second-order valence-corrected chi connectivity index (χ2v) is 7.63. The lowest BCUT2D eigenvalue weighted by Crippen LogP contribution is -2.10. The lowest BCUT2D eigenvalue weighted by atomic mass is 10.0. The Kier molecular flexibility index (Phi) is 6.64. The van der Waals surface area contributed by atoms with Crippen LogP contribution in [0.1, 0.15) is 31.8 Å². The summed E-state index contributed by atoms with van der Waals surface area (Å²) < 4.78 is 32.5. The molecule has 0 atom stereocenters. The molecule has 0 aliphatic carbocycles. The van der Waals surface area contributed by atoms with Gasteiger partial charge in [0, 0.05) is 6.07 Å². The van der Waals surface area contributed by atoms with Crippen LogP contribution >= 0.6 is 0 Å². The minimum Gasteiger partial charge on any atom is -0.497 e. The van der Waals surface area contributed by atoms with E-state index in [0.29, 0.717) is 39.9 Å². The van der Waals surface area contributed by atoms with E-state index < -0.39 is 5.97 Å². The van der Waals surface area contributed by atoms with E-state index in [2.05, 4.69) is 0 Å². The van der Waals surface area contributed by atoms with Crippen molar-refractivity contribution in [2.45, 2.75) is 6.92 Å². The summed E-state index contributed by atoms with van der Waals surface area (Å²) in [5, 5.41) is 0. The minimum atomic E-state index is -0.639. The third kappa shape index (κ3) is 4.63. The van der Waals surface area contributed by atoms with Crippen LogP contribution in [0.2, 0.25) is 0 Å². The van der Waals surface area contributed by atoms with Gasteiger partial charge in [-0.05, 0) is 54.5 Å². The largest absolute Gasteiger partial charge is 0.497 e. The molecular formula is C27H24O8. The molecule has 0 N–H and O–H groups in total. The highest BCUT2D eigenvalue weighted by Gasteiger charge is 2.30. The molecule has 1 aliphatic rings. The van der Waals surface area contributed by atoms with E-state index >= 15 is 0 Å². The Morgan fingerprint density at radius 3 is 2.20 bits per heavy atom. The van der Waals surface area contributed by atoms with Gasteiger partial charge in [-0.1, -0.05) is 12.1 Å². The van der Waals surface area contributed by atoms with E-state index in [1.807, 2.05) is 18.2 Å². The molecule has 3 aromatic rings. The van der Waals surface area contributed by atoms with Gasteiger partial charge in [0.1, 0.15) is 17.2 Å². The maximum Gasteiger partial charge on any atom is 0.343 e. The highest BCUT2D eigenvalue weighted by atomic mass is 16.5. The molecule has 0 aromatic heterocycles. The fraction of sp³-hybridized carbons (Fsp3) is 0.185. The lowest BCUT2D eigenvalue weighted by molar-refractivity contribution is 0.0733. The number of esters is 1. The summed E-state index contributed by atoms with van der Waals surface area (Å²) in [7, 11) is 5.97. The van der Waals surface area contributed by atoms with Crippen molar-refractivity contribution in [3.05, 3.63) is 76.5 Å². The summed E-state index contributed by atoms with van der Waals surface area (Å²) in [6, 6.07) is 13.4. The average molecular weight is 476 g/mol. The number of fused-ring (bicyclic) bond motifs is 1. The number of carbonyl (C=O) groups excluding carboxylic acids is 2. The van der Waals surface area contributed by atoms with E-state index in [-0.39, 0.29) is 22.9 Å². The smallest absolute Gasteiger partial charge is 0.343 e. The number of ether oxygens (including phenoxy) is 6. The van der Waals surface area contributed by atoms with Crippen LogP contribution in [0.15, 0.2) is 54.3 Å². The first-order chi connectivity index (χ1) is 16.9. The third-order valence-electron chi connectivity index (χ3n) is 5.45. The van der Waals surface area contributed by atoms with Crippen LogP contribution in [-0.2, 0) is 0 Å². The minimum absolute atomic E-state index is 0.171. The van der Waals surface area contributed by atoms with Crippen LogP contribution < -0.4 is 28.4 Å². The Morgan fingerprint density at radius 1 is 0.857 bits per heavy atom. The quantitative estimate of drug-likeness (QED) is 0.271. The third-order valence-corrected chi connectivity index (χ3v) is 5.45. The van der Waals surface area contributed by atoms with Crippen molar-refractivity contribution in [3.8, 4) is 34.5 Å². The van der Waals surface area contributed by atoms with Crippen LogP contribution in [0.3, 0.4) is 0 Å². The number of Topliss-reactive ketones (excluding diaryl/α,β-unsaturated/α-hetero) is 1. The van der Waals surface area contributed by atoms with Gasteiger partial charge in [0.2, 0.25) is 11.5 Å². The second kappa shape index (κ2) is 9.80. The Bertz CT molecular complexity index is 1310. The maximum absolute atomic E-state index is 13.0. The standard InChI is InChI=1S/C27H24O8/c1-15-9-19(34-27(29)17-12-22(31-3)26(33-5)23(13-17)32-4)14-20-24(15)25(28)21(35-20)11-16-7-6-8-18(10-16)30-2/h6-14H,1-5H3/b21-11-. The molecule has 3 aromatic carbocycles. The fourth-order valence-corrected chi connectivity index (χ4v) is 3.78. The number of rotatable bonds is 7. The zero-order valence-electron chi connectivity index (χ0n) is 20.0. The zero-order valence-corrected chi connectivity index (χ0v) is 20.0. The predicted octanol–water partition coefficient (Wildman–Crippen LogP) is 4.86. The number of allylic oxidation sites excluding steroid dienone is 1. The van der Waals surface area contributed by atoms with Crippen molar-refractivity contribution in [1.29, 1.82) is 0 Å². The van der Waals surface area contributed by atoms with Gasteiger partial charge < -0.3 is 28.4 Å². The summed E-state index contributed by atoms with van der Waals surface area (Å²) in [4.78, 5) is 25.8. The number of ketones is 1. The van der Waals surface area contributed by atoms with Gasteiger partial charge in [-0.25, -0.2) is 4.79 Å². The highest BCUT2D eigenvalue weighted by Crippen LogP contribution is 2.40. The summed E-state index contributed by atoms with van der Waals surface area (Å²) >= 11 is 0. The van der Waals surface area contributed by atoms with Crippen LogP contribution in [0.5, 0.6) is 34.5 Å². The van der Waals surface area contributed by atoms with Gasteiger partial charge >= 0.3 is 5.97 Å². The summed E-state index contributed by atoms with van der Waals surface area (Å²) in [6.07, 6.45) is 1.64. The molecule has 35 heavy (non-hydrogen) atoms. The van der Waals surface area contributed by atoms with E-state index in [1.165, 1.54) is 39.5 Å². The molecule has 0 fully saturated rings. The van der Waals surface area contributed by atoms with E-state index in [1.54, 1.807) is 32.2 Å².